The summed E-state index contributed by atoms with van der Waals surface area (Å²) in [7, 11) is 0. The lowest BCUT2D eigenvalue weighted by molar-refractivity contribution is -0.118. The standard InChI is InChI=1S/C20H28O2S/c1-19-9-7-13(21)11-12(19)3-4-14-15-5-6-17(18(22)23)20(15,2)10-8-16(14)19/h3-4,13,15-17,21H,5-11H2,1-2H3,(H,22,23). The van der Waals surface area contributed by atoms with Crippen LogP contribution >= 0.6 is 12.6 Å². The van der Waals surface area contributed by atoms with Crippen molar-refractivity contribution in [2.75, 3.05) is 0 Å². The molecular formula is C20H28O2S. The van der Waals surface area contributed by atoms with Crippen molar-refractivity contribution in [2.45, 2.75) is 64.9 Å². The number of carbonyl (C=O) groups excluding carboxylic acids is 1. The minimum atomic E-state index is -0.157. The maximum absolute atomic E-state index is 12.0. The Bertz CT molecular complexity index is 607. The zero-order chi connectivity index (χ0) is 16.4. The molecule has 0 aromatic carbocycles. The lowest BCUT2D eigenvalue weighted by Gasteiger charge is -2.54. The summed E-state index contributed by atoms with van der Waals surface area (Å²) < 4.78 is 0. The molecule has 6 atom stereocenters. The fourth-order valence-electron chi connectivity index (χ4n) is 6.39. The van der Waals surface area contributed by atoms with Gasteiger partial charge in [-0.1, -0.05) is 37.1 Å². The van der Waals surface area contributed by atoms with Gasteiger partial charge in [-0.05, 0) is 67.6 Å². The molecule has 2 nitrogen and oxygen atoms in total. The van der Waals surface area contributed by atoms with Crippen LogP contribution in [0, 0.1) is 28.6 Å². The van der Waals surface area contributed by atoms with E-state index in [1.54, 1.807) is 5.57 Å². The van der Waals surface area contributed by atoms with Gasteiger partial charge in [0, 0.05) is 5.92 Å². The second-order valence-corrected chi connectivity index (χ2v) is 9.23. The van der Waals surface area contributed by atoms with Crippen molar-refractivity contribution in [3.8, 4) is 0 Å². The smallest absolute Gasteiger partial charge is 0.189 e. The molecule has 0 heterocycles. The largest absolute Gasteiger partial charge is 0.393 e. The Kier molecular flexibility index (Phi) is 3.63. The molecule has 3 saturated carbocycles. The number of hydrogen-bond donors (Lipinski definition) is 2. The van der Waals surface area contributed by atoms with Gasteiger partial charge >= 0.3 is 0 Å². The molecule has 1 N–H and O–H groups in total. The molecule has 0 aromatic heterocycles. The number of allylic oxidation sites excluding steroid dienone is 3. The van der Waals surface area contributed by atoms with Crippen molar-refractivity contribution in [1.82, 2.24) is 0 Å². The van der Waals surface area contributed by atoms with Crippen LogP contribution in [0.1, 0.15) is 58.8 Å². The van der Waals surface area contributed by atoms with E-state index in [1.807, 2.05) is 0 Å². The maximum Gasteiger partial charge on any atom is 0.189 e. The molecule has 0 amide bonds. The van der Waals surface area contributed by atoms with Gasteiger partial charge in [0.2, 0.25) is 0 Å². The Morgan fingerprint density at radius 3 is 2.65 bits per heavy atom. The second-order valence-electron chi connectivity index (χ2n) is 8.79. The fraction of sp³-hybridized carbons (Fsp3) is 0.750. The van der Waals surface area contributed by atoms with Crippen LogP contribution in [0.2, 0.25) is 0 Å². The van der Waals surface area contributed by atoms with Gasteiger partial charge in [0.25, 0.3) is 0 Å². The quantitative estimate of drug-likeness (QED) is 0.702. The third-order valence-corrected chi connectivity index (χ3v) is 8.15. The fourth-order valence-corrected chi connectivity index (χ4v) is 6.81. The Morgan fingerprint density at radius 1 is 1.13 bits per heavy atom. The molecule has 0 aliphatic heterocycles. The van der Waals surface area contributed by atoms with Crippen LogP contribution in [-0.2, 0) is 4.79 Å². The second kappa shape index (κ2) is 5.23. The average Bonchev–Trinajstić information content (AvgIpc) is 2.85. The van der Waals surface area contributed by atoms with Crippen LogP contribution in [0.5, 0.6) is 0 Å². The topological polar surface area (TPSA) is 37.3 Å². The average molecular weight is 333 g/mol. The minimum absolute atomic E-state index is 0.0908. The monoisotopic (exact) mass is 332 g/mol. The molecule has 3 fully saturated rings. The van der Waals surface area contributed by atoms with Crippen LogP contribution in [0.4, 0.5) is 0 Å². The molecule has 4 aliphatic rings. The summed E-state index contributed by atoms with van der Waals surface area (Å²) in [6.45, 7) is 4.74. The summed E-state index contributed by atoms with van der Waals surface area (Å²) in [6.07, 6.45) is 11.8. The Hall–Kier alpha value is -0.540. The van der Waals surface area contributed by atoms with E-state index in [4.69, 9.17) is 0 Å². The normalized spacial score (nSPS) is 48.7. The van der Waals surface area contributed by atoms with Crippen molar-refractivity contribution >= 4 is 17.7 Å². The van der Waals surface area contributed by atoms with E-state index in [-0.39, 0.29) is 28.0 Å². The molecule has 4 aliphatic carbocycles. The van der Waals surface area contributed by atoms with Gasteiger partial charge in [-0.15, -0.1) is 12.6 Å². The van der Waals surface area contributed by atoms with E-state index in [0.29, 0.717) is 11.8 Å². The Balaban J connectivity index is 1.72. The number of fused-ring (bicyclic) bond motifs is 5. The molecular weight excluding hydrogens is 304 g/mol. The first-order valence-corrected chi connectivity index (χ1v) is 9.63. The first kappa shape index (κ1) is 16.0. The van der Waals surface area contributed by atoms with Crippen LogP contribution in [0.25, 0.3) is 0 Å². The van der Waals surface area contributed by atoms with Gasteiger partial charge in [0.1, 0.15) is 0 Å². The molecule has 6 unspecified atom stereocenters. The molecule has 0 aromatic rings. The Labute approximate surface area is 144 Å². The lowest BCUT2D eigenvalue weighted by atomic mass is 9.50. The molecule has 0 saturated heterocycles. The summed E-state index contributed by atoms with van der Waals surface area (Å²) in [5.41, 5.74) is 3.39. The third-order valence-electron chi connectivity index (χ3n) is 7.84. The van der Waals surface area contributed by atoms with E-state index in [1.165, 1.54) is 12.0 Å². The number of rotatable bonds is 1. The Morgan fingerprint density at radius 2 is 1.91 bits per heavy atom. The molecule has 0 radical (unpaired) electrons. The van der Waals surface area contributed by atoms with Crippen LogP contribution in [0.3, 0.4) is 0 Å². The van der Waals surface area contributed by atoms with Gasteiger partial charge in [0.15, 0.2) is 5.12 Å². The predicted molar refractivity (Wildman–Crippen MR) is 95.2 cm³/mol. The van der Waals surface area contributed by atoms with Crippen LogP contribution < -0.4 is 0 Å². The van der Waals surface area contributed by atoms with E-state index >= 15 is 0 Å². The zero-order valence-corrected chi connectivity index (χ0v) is 15.1. The van der Waals surface area contributed by atoms with Gasteiger partial charge in [-0.2, -0.15) is 0 Å². The summed E-state index contributed by atoms with van der Waals surface area (Å²) in [6, 6.07) is 0. The van der Waals surface area contributed by atoms with Crippen LogP contribution in [0.15, 0.2) is 23.3 Å². The summed E-state index contributed by atoms with van der Waals surface area (Å²) >= 11 is 4.19. The SMILES string of the molecule is CC12CCC(O)CC1=CC=C1C2CCC2(C)C(C(=O)S)CCC12. The predicted octanol–water partition coefficient (Wildman–Crippen LogP) is 4.30. The lowest BCUT2D eigenvalue weighted by Crippen LogP contribution is -2.46. The van der Waals surface area contributed by atoms with Gasteiger partial charge in [-0.25, -0.2) is 0 Å². The van der Waals surface area contributed by atoms with Crippen molar-refractivity contribution < 1.29 is 9.90 Å². The molecule has 3 heteroatoms. The van der Waals surface area contributed by atoms with Gasteiger partial charge < -0.3 is 5.11 Å². The number of thiol groups is 1. The number of carbonyl (C=O) groups is 1. The van der Waals surface area contributed by atoms with Crippen molar-refractivity contribution in [1.29, 1.82) is 0 Å². The number of aliphatic hydroxyl groups excluding tert-OH is 1. The highest BCUT2D eigenvalue weighted by molar-refractivity contribution is 7.96. The maximum atomic E-state index is 12.0. The van der Waals surface area contributed by atoms with E-state index < -0.39 is 0 Å². The summed E-state index contributed by atoms with van der Waals surface area (Å²) in [5.74, 6) is 1.29. The van der Waals surface area contributed by atoms with Crippen molar-refractivity contribution in [3.63, 3.8) is 0 Å². The first-order chi connectivity index (χ1) is 10.9. The highest BCUT2D eigenvalue weighted by Crippen LogP contribution is 2.65. The number of aliphatic hydroxyl groups is 1. The van der Waals surface area contributed by atoms with E-state index in [0.717, 1.165) is 38.5 Å². The summed E-state index contributed by atoms with van der Waals surface area (Å²) in [4.78, 5) is 12.0. The van der Waals surface area contributed by atoms with Crippen molar-refractivity contribution in [2.24, 2.45) is 28.6 Å². The van der Waals surface area contributed by atoms with Gasteiger partial charge in [-0.3, -0.25) is 4.79 Å². The molecule has 126 valence electrons. The van der Waals surface area contributed by atoms with E-state index in [2.05, 4.69) is 38.6 Å². The number of hydrogen-bond acceptors (Lipinski definition) is 2. The molecule has 23 heavy (non-hydrogen) atoms. The molecule has 4 rings (SSSR count). The summed E-state index contributed by atoms with van der Waals surface area (Å²) in [5, 5.41) is 10.1. The van der Waals surface area contributed by atoms with Crippen molar-refractivity contribution in [3.05, 3.63) is 23.3 Å². The minimum Gasteiger partial charge on any atom is -0.393 e. The molecule has 0 spiro atoms. The highest BCUT2D eigenvalue weighted by Gasteiger charge is 2.57. The first-order valence-electron chi connectivity index (χ1n) is 9.18. The third kappa shape index (κ3) is 2.15. The van der Waals surface area contributed by atoms with Crippen LogP contribution in [-0.4, -0.2) is 16.3 Å². The highest BCUT2D eigenvalue weighted by atomic mass is 32.1. The van der Waals surface area contributed by atoms with Gasteiger partial charge in [0.05, 0.1) is 6.10 Å². The zero-order valence-electron chi connectivity index (χ0n) is 14.2. The van der Waals surface area contributed by atoms with E-state index in [9.17, 15) is 9.90 Å². The molecule has 0 bridgehead atoms.